The summed E-state index contributed by atoms with van der Waals surface area (Å²) in [6.45, 7) is 6.62. The van der Waals surface area contributed by atoms with Gasteiger partial charge in [0.15, 0.2) is 6.10 Å². The molecule has 0 aliphatic carbocycles. The molecular formula is C63H114O6. The van der Waals surface area contributed by atoms with E-state index in [4.69, 9.17) is 14.2 Å². The van der Waals surface area contributed by atoms with E-state index in [0.29, 0.717) is 19.3 Å². The lowest BCUT2D eigenvalue weighted by Gasteiger charge is -2.18. The third kappa shape index (κ3) is 56.2. The summed E-state index contributed by atoms with van der Waals surface area (Å²) in [5.41, 5.74) is 0. The molecule has 0 radical (unpaired) electrons. The van der Waals surface area contributed by atoms with Gasteiger partial charge in [-0.15, -0.1) is 0 Å². The van der Waals surface area contributed by atoms with Gasteiger partial charge in [-0.1, -0.05) is 262 Å². The SMILES string of the molecule is CCCCC/C=C\C/C=C\C/C=C\CCCCC(=O)OC[C@H](COC(=O)CCCCCCCCCCCCC/C=C\CCCCCCCC)OC(=O)CCCCCCCCCCCCCCCCC. The molecule has 0 N–H and O–H groups in total. The number of hydrogen-bond donors (Lipinski definition) is 0. The van der Waals surface area contributed by atoms with Gasteiger partial charge in [0.05, 0.1) is 0 Å². The zero-order chi connectivity index (χ0) is 50.0. The first-order chi connectivity index (χ1) is 34.0. The number of hydrogen-bond acceptors (Lipinski definition) is 6. The highest BCUT2D eigenvalue weighted by Gasteiger charge is 2.19. The van der Waals surface area contributed by atoms with Crippen molar-refractivity contribution in [3.8, 4) is 0 Å². The third-order valence-electron chi connectivity index (χ3n) is 13.3. The second kappa shape index (κ2) is 57.9. The Kier molecular flexibility index (Phi) is 55.7. The first-order valence-corrected chi connectivity index (χ1v) is 30.1. The molecule has 0 aromatic heterocycles. The molecule has 69 heavy (non-hydrogen) atoms. The van der Waals surface area contributed by atoms with E-state index in [-0.39, 0.29) is 31.1 Å². The third-order valence-corrected chi connectivity index (χ3v) is 13.3. The maximum atomic E-state index is 12.9. The van der Waals surface area contributed by atoms with E-state index < -0.39 is 6.10 Å². The summed E-state index contributed by atoms with van der Waals surface area (Å²) < 4.78 is 16.9. The van der Waals surface area contributed by atoms with Crippen molar-refractivity contribution in [3.63, 3.8) is 0 Å². The molecule has 0 bridgehead atoms. The van der Waals surface area contributed by atoms with Crippen molar-refractivity contribution in [1.29, 1.82) is 0 Å². The average molecular weight is 968 g/mol. The molecule has 0 saturated carbocycles. The number of carbonyl (C=O) groups is 3. The van der Waals surface area contributed by atoms with E-state index >= 15 is 0 Å². The zero-order valence-corrected chi connectivity index (χ0v) is 46.1. The largest absolute Gasteiger partial charge is 0.462 e. The van der Waals surface area contributed by atoms with Crippen LogP contribution in [0.3, 0.4) is 0 Å². The molecular weight excluding hydrogens is 853 g/mol. The van der Waals surface area contributed by atoms with E-state index in [1.165, 1.54) is 205 Å². The van der Waals surface area contributed by atoms with Gasteiger partial charge >= 0.3 is 17.9 Å². The standard InChI is InChI=1S/C63H114O6/c1-4-7-10-13-16-19-22-25-28-29-30-31-32-33-36-38-41-44-47-50-53-56-62(65)68-59-60(69-63(66)57-54-51-48-45-42-39-35-27-24-21-18-15-12-9-6-3)58-67-61(64)55-52-49-46-43-40-37-34-26-23-20-17-14-11-8-5-2/h17,20,25-26,28,34,40,43,60H,4-16,18-19,21-24,27,29-33,35-39,41-42,44-59H2,1-3H3/b20-17-,28-25-,34-26-,43-40-/t60-/m1/s1. The van der Waals surface area contributed by atoms with Crippen LogP contribution in [-0.4, -0.2) is 37.2 Å². The number of rotatable bonds is 55. The molecule has 0 spiro atoms. The summed E-state index contributed by atoms with van der Waals surface area (Å²) in [5, 5.41) is 0. The van der Waals surface area contributed by atoms with Crippen LogP contribution in [0.4, 0.5) is 0 Å². The molecule has 0 aliphatic rings. The molecule has 6 nitrogen and oxygen atoms in total. The number of allylic oxidation sites excluding steroid dienone is 8. The molecule has 6 heteroatoms. The lowest BCUT2D eigenvalue weighted by molar-refractivity contribution is -0.167. The molecule has 0 unspecified atom stereocenters. The minimum absolute atomic E-state index is 0.0822. The molecule has 0 rings (SSSR count). The van der Waals surface area contributed by atoms with Gasteiger partial charge in [-0.05, 0) is 83.5 Å². The number of unbranched alkanes of at least 4 members (excludes halogenated alkanes) is 36. The predicted octanol–water partition coefficient (Wildman–Crippen LogP) is 20.2. The van der Waals surface area contributed by atoms with Crippen LogP contribution < -0.4 is 0 Å². The van der Waals surface area contributed by atoms with Crippen molar-refractivity contribution in [2.75, 3.05) is 13.2 Å². The van der Waals surface area contributed by atoms with Crippen LogP contribution in [0.2, 0.25) is 0 Å². The van der Waals surface area contributed by atoms with E-state index in [1.807, 2.05) is 0 Å². The average Bonchev–Trinajstić information content (AvgIpc) is 3.35. The molecule has 0 saturated heterocycles. The maximum absolute atomic E-state index is 12.9. The van der Waals surface area contributed by atoms with Gasteiger partial charge in [0.25, 0.3) is 0 Å². The topological polar surface area (TPSA) is 78.9 Å². The number of ether oxygens (including phenoxy) is 3. The Balaban J connectivity index is 4.35. The molecule has 1 atom stereocenters. The summed E-state index contributed by atoms with van der Waals surface area (Å²) in [7, 11) is 0. The van der Waals surface area contributed by atoms with Crippen molar-refractivity contribution < 1.29 is 28.6 Å². The van der Waals surface area contributed by atoms with Gasteiger partial charge in [-0.25, -0.2) is 0 Å². The summed E-state index contributed by atoms with van der Waals surface area (Å²) in [5.74, 6) is -0.906. The van der Waals surface area contributed by atoms with E-state index in [9.17, 15) is 14.4 Å². The van der Waals surface area contributed by atoms with E-state index in [0.717, 1.165) is 70.6 Å². The molecule has 0 aromatic carbocycles. The molecule has 0 aliphatic heterocycles. The Morgan fingerprint density at radius 3 is 0.884 bits per heavy atom. The fourth-order valence-corrected chi connectivity index (χ4v) is 8.74. The molecule has 0 aromatic rings. The highest BCUT2D eigenvalue weighted by atomic mass is 16.6. The van der Waals surface area contributed by atoms with Crippen molar-refractivity contribution in [1.82, 2.24) is 0 Å². The monoisotopic (exact) mass is 967 g/mol. The number of carbonyl (C=O) groups excluding carboxylic acids is 3. The predicted molar refractivity (Wildman–Crippen MR) is 298 cm³/mol. The lowest BCUT2D eigenvalue weighted by Crippen LogP contribution is -2.30. The maximum Gasteiger partial charge on any atom is 0.306 e. The van der Waals surface area contributed by atoms with Crippen molar-refractivity contribution >= 4 is 17.9 Å². The molecule has 402 valence electrons. The minimum atomic E-state index is -0.786. The van der Waals surface area contributed by atoms with Gasteiger partial charge in [0.2, 0.25) is 0 Å². The van der Waals surface area contributed by atoms with Gasteiger partial charge in [0.1, 0.15) is 13.2 Å². The normalized spacial score (nSPS) is 12.3. The number of esters is 3. The van der Waals surface area contributed by atoms with E-state index in [2.05, 4.69) is 69.4 Å². The smallest absolute Gasteiger partial charge is 0.306 e. The fraction of sp³-hybridized carbons (Fsp3) is 0.825. The Hall–Kier alpha value is -2.63. The second-order valence-electron chi connectivity index (χ2n) is 20.3. The Bertz CT molecular complexity index is 1200. The Morgan fingerprint density at radius 2 is 0.522 bits per heavy atom. The van der Waals surface area contributed by atoms with Gasteiger partial charge in [0, 0.05) is 19.3 Å². The quantitative estimate of drug-likeness (QED) is 0.0262. The van der Waals surface area contributed by atoms with Crippen LogP contribution in [-0.2, 0) is 28.6 Å². The first-order valence-electron chi connectivity index (χ1n) is 30.1. The first kappa shape index (κ1) is 66.4. The highest BCUT2D eigenvalue weighted by molar-refractivity contribution is 5.71. The highest BCUT2D eigenvalue weighted by Crippen LogP contribution is 2.16. The van der Waals surface area contributed by atoms with Crippen LogP contribution in [0, 0.1) is 0 Å². The lowest BCUT2D eigenvalue weighted by atomic mass is 10.0. The molecule has 0 amide bonds. The van der Waals surface area contributed by atoms with Crippen molar-refractivity contribution in [2.45, 2.75) is 322 Å². The van der Waals surface area contributed by atoms with Gasteiger partial charge in [-0.3, -0.25) is 14.4 Å². The molecule has 0 heterocycles. The fourth-order valence-electron chi connectivity index (χ4n) is 8.74. The van der Waals surface area contributed by atoms with Crippen LogP contribution in [0.25, 0.3) is 0 Å². The van der Waals surface area contributed by atoms with Crippen LogP contribution in [0.5, 0.6) is 0 Å². The summed E-state index contributed by atoms with van der Waals surface area (Å²) >= 11 is 0. The summed E-state index contributed by atoms with van der Waals surface area (Å²) in [6, 6.07) is 0. The summed E-state index contributed by atoms with van der Waals surface area (Å²) in [4.78, 5) is 38.2. The van der Waals surface area contributed by atoms with Crippen LogP contribution >= 0.6 is 0 Å². The van der Waals surface area contributed by atoms with Gasteiger partial charge in [-0.2, -0.15) is 0 Å². The van der Waals surface area contributed by atoms with Crippen molar-refractivity contribution in [3.05, 3.63) is 48.6 Å². The Labute approximate surface area is 428 Å². The van der Waals surface area contributed by atoms with Gasteiger partial charge < -0.3 is 14.2 Å². The summed E-state index contributed by atoms with van der Waals surface area (Å²) in [6.07, 6.45) is 71.1. The second-order valence-corrected chi connectivity index (χ2v) is 20.3. The molecule has 0 fully saturated rings. The minimum Gasteiger partial charge on any atom is -0.462 e. The van der Waals surface area contributed by atoms with Crippen LogP contribution in [0.15, 0.2) is 48.6 Å². The van der Waals surface area contributed by atoms with E-state index in [1.54, 1.807) is 0 Å². The van der Waals surface area contributed by atoms with Crippen LogP contribution in [0.1, 0.15) is 316 Å². The zero-order valence-electron chi connectivity index (χ0n) is 46.1. The van der Waals surface area contributed by atoms with Crippen molar-refractivity contribution in [2.24, 2.45) is 0 Å². The Morgan fingerprint density at radius 1 is 0.290 bits per heavy atom.